The van der Waals surface area contributed by atoms with E-state index >= 15 is 0 Å². The minimum atomic E-state index is 0.852. The van der Waals surface area contributed by atoms with E-state index in [0.717, 1.165) is 30.2 Å². The summed E-state index contributed by atoms with van der Waals surface area (Å²) in [6.45, 7) is 3.07. The molecule has 0 unspecified atom stereocenters. The highest BCUT2D eigenvalue weighted by atomic mass is 32.2. The third-order valence-corrected chi connectivity index (χ3v) is 3.44. The first kappa shape index (κ1) is 12.9. The molecule has 0 fully saturated rings. The lowest BCUT2D eigenvalue weighted by molar-refractivity contribution is 0.960. The molecule has 0 aliphatic carbocycles. The minimum absolute atomic E-state index is 0.852. The molecule has 0 aliphatic rings. The van der Waals surface area contributed by atoms with Crippen LogP contribution >= 0.6 is 11.8 Å². The quantitative estimate of drug-likeness (QED) is 0.804. The molecule has 0 saturated heterocycles. The van der Waals surface area contributed by atoms with Crippen LogP contribution in [0.5, 0.6) is 0 Å². The van der Waals surface area contributed by atoms with E-state index in [1.54, 1.807) is 18.0 Å². The molecule has 1 aromatic heterocycles. The van der Waals surface area contributed by atoms with Crippen molar-refractivity contribution in [2.75, 3.05) is 11.9 Å². The normalized spacial score (nSPS) is 10.3. The number of benzene rings is 1. The SMILES string of the molecule is CCCNc1cnc(CSc2ccccc2)cn1. The number of hydrogen-bond donors (Lipinski definition) is 1. The zero-order valence-corrected chi connectivity index (χ0v) is 11.3. The summed E-state index contributed by atoms with van der Waals surface area (Å²) in [6.07, 6.45) is 4.73. The fourth-order valence-corrected chi connectivity index (χ4v) is 2.26. The van der Waals surface area contributed by atoms with Crippen molar-refractivity contribution >= 4 is 17.6 Å². The van der Waals surface area contributed by atoms with Crippen molar-refractivity contribution in [3.8, 4) is 0 Å². The maximum atomic E-state index is 4.40. The largest absolute Gasteiger partial charge is 0.369 e. The fraction of sp³-hybridized carbons (Fsp3) is 0.286. The van der Waals surface area contributed by atoms with E-state index in [2.05, 4.69) is 34.3 Å². The molecule has 94 valence electrons. The molecular formula is C14H17N3S. The Labute approximate surface area is 112 Å². The van der Waals surface area contributed by atoms with Crippen molar-refractivity contribution < 1.29 is 0 Å². The van der Waals surface area contributed by atoms with Crippen LogP contribution < -0.4 is 5.32 Å². The topological polar surface area (TPSA) is 37.8 Å². The Morgan fingerprint density at radius 3 is 2.61 bits per heavy atom. The molecule has 2 rings (SSSR count). The number of anilines is 1. The monoisotopic (exact) mass is 259 g/mol. The third-order valence-electron chi connectivity index (χ3n) is 2.39. The number of aromatic nitrogens is 2. The third kappa shape index (κ3) is 4.04. The minimum Gasteiger partial charge on any atom is -0.369 e. The lowest BCUT2D eigenvalue weighted by Gasteiger charge is -2.04. The number of nitrogens with zero attached hydrogens (tertiary/aromatic N) is 2. The summed E-state index contributed by atoms with van der Waals surface area (Å²) >= 11 is 1.77. The van der Waals surface area contributed by atoms with Crippen LogP contribution in [0.25, 0.3) is 0 Å². The molecule has 1 aromatic carbocycles. The van der Waals surface area contributed by atoms with Gasteiger partial charge < -0.3 is 5.32 Å². The second kappa shape index (κ2) is 7.01. The van der Waals surface area contributed by atoms with Crippen LogP contribution in [-0.4, -0.2) is 16.5 Å². The molecule has 2 aromatic rings. The van der Waals surface area contributed by atoms with Gasteiger partial charge in [0.15, 0.2) is 0 Å². The first-order valence-corrected chi connectivity index (χ1v) is 7.09. The van der Waals surface area contributed by atoms with Gasteiger partial charge in [-0.1, -0.05) is 25.1 Å². The van der Waals surface area contributed by atoms with Gasteiger partial charge >= 0.3 is 0 Å². The van der Waals surface area contributed by atoms with E-state index in [9.17, 15) is 0 Å². The molecule has 0 radical (unpaired) electrons. The fourth-order valence-electron chi connectivity index (χ4n) is 1.45. The van der Waals surface area contributed by atoms with E-state index in [4.69, 9.17) is 0 Å². The average Bonchev–Trinajstić information content (AvgIpc) is 2.45. The molecule has 0 aliphatic heterocycles. The predicted octanol–water partition coefficient (Wildman–Crippen LogP) is 3.59. The van der Waals surface area contributed by atoms with Crippen LogP contribution in [0.3, 0.4) is 0 Å². The maximum Gasteiger partial charge on any atom is 0.144 e. The van der Waals surface area contributed by atoms with Crippen molar-refractivity contribution in [1.29, 1.82) is 0 Å². The van der Waals surface area contributed by atoms with Crippen molar-refractivity contribution in [1.82, 2.24) is 9.97 Å². The zero-order valence-electron chi connectivity index (χ0n) is 10.5. The standard InChI is InChI=1S/C14H17N3S/c1-2-8-15-14-10-16-12(9-17-14)11-18-13-6-4-3-5-7-13/h3-7,9-10H,2,8,11H2,1H3,(H,15,17). The van der Waals surface area contributed by atoms with Crippen LogP contribution in [0.1, 0.15) is 19.0 Å². The Morgan fingerprint density at radius 1 is 1.11 bits per heavy atom. The maximum absolute atomic E-state index is 4.40. The summed E-state index contributed by atoms with van der Waals surface area (Å²) in [5.74, 6) is 1.70. The van der Waals surface area contributed by atoms with E-state index in [-0.39, 0.29) is 0 Å². The van der Waals surface area contributed by atoms with Crippen LogP contribution in [0.15, 0.2) is 47.6 Å². The second-order valence-electron chi connectivity index (χ2n) is 3.92. The number of nitrogens with one attached hydrogen (secondary N) is 1. The predicted molar refractivity (Wildman–Crippen MR) is 76.8 cm³/mol. The Morgan fingerprint density at radius 2 is 1.94 bits per heavy atom. The molecule has 3 nitrogen and oxygen atoms in total. The highest BCUT2D eigenvalue weighted by molar-refractivity contribution is 7.98. The Balaban J connectivity index is 1.86. The first-order chi connectivity index (χ1) is 8.88. The van der Waals surface area contributed by atoms with Crippen LogP contribution in [0, 0.1) is 0 Å². The smallest absolute Gasteiger partial charge is 0.144 e. The lowest BCUT2D eigenvalue weighted by atomic mass is 10.4. The lowest BCUT2D eigenvalue weighted by Crippen LogP contribution is -2.02. The molecule has 0 spiro atoms. The molecule has 0 atom stereocenters. The first-order valence-electron chi connectivity index (χ1n) is 6.11. The van der Waals surface area contributed by atoms with E-state index in [1.807, 2.05) is 24.4 Å². The molecular weight excluding hydrogens is 242 g/mol. The number of rotatable bonds is 6. The summed E-state index contributed by atoms with van der Waals surface area (Å²) in [5.41, 5.74) is 1.01. The molecule has 0 saturated carbocycles. The van der Waals surface area contributed by atoms with Crippen LogP contribution in [0.2, 0.25) is 0 Å². The summed E-state index contributed by atoms with van der Waals surface area (Å²) in [7, 11) is 0. The van der Waals surface area contributed by atoms with E-state index < -0.39 is 0 Å². The van der Waals surface area contributed by atoms with Crippen molar-refractivity contribution in [2.24, 2.45) is 0 Å². The van der Waals surface area contributed by atoms with Gasteiger partial charge in [-0.2, -0.15) is 0 Å². The van der Waals surface area contributed by atoms with Crippen LogP contribution in [-0.2, 0) is 5.75 Å². The Bertz CT molecular complexity index is 456. The Hall–Kier alpha value is -1.55. The van der Waals surface area contributed by atoms with E-state index in [0.29, 0.717) is 0 Å². The zero-order chi connectivity index (χ0) is 12.6. The van der Waals surface area contributed by atoms with Gasteiger partial charge in [0, 0.05) is 17.2 Å². The van der Waals surface area contributed by atoms with Crippen molar-refractivity contribution in [3.63, 3.8) is 0 Å². The second-order valence-corrected chi connectivity index (χ2v) is 4.97. The van der Waals surface area contributed by atoms with Gasteiger partial charge in [0.1, 0.15) is 5.82 Å². The highest BCUT2D eigenvalue weighted by Crippen LogP contribution is 2.21. The average molecular weight is 259 g/mol. The molecule has 1 heterocycles. The summed E-state index contributed by atoms with van der Waals surface area (Å²) in [5, 5.41) is 3.21. The van der Waals surface area contributed by atoms with Gasteiger partial charge in [-0.05, 0) is 18.6 Å². The van der Waals surface area contributed by atoms with Gasteiger partial charge in [0.25, 0.3) is 0 Å². The van der Waals surface area contributed by atoms with Crippen molar-refractivity contribution in [2.45, 2.75) is 24.0 Å². The van der Waals surface area contributed by atoms with Gasteiger partial charge in [0.2, 0.25) is 0 Å². The van der Waals surface area contributed by atoms with Crippen molar-refractivity contribution in [3.05, 3.63) is 48.4 Å². The molecule has 18 heavy (non-hydrogen) atoms. The highest BCUT2D eigenvalue weighted by Gasteiger charge is 1.99. The van der Waals surface area contributed by atoms with E-state index in [1.165, 1.54) is 4.90 Å². The van der Waals surface area contributed by atoms with Gasteiger partial charge in [-0.25, -0.2) is 4.98 Å². The van der Waals surface area contributed by atoms with Gasteiger partial charge in [-0.3, -0.25) is 4.98 Å². The van der Waals surface area contributed by atoms with Gasteiger partial charge in [-0.15, -0.1) is 11.8 Å². The van der Waals surface area contributed by atoms with Gasteiger partial charge in [0.05, 0.1) is 18.1 Å². The summed E-state index contributed by atoms with van der Waals surface area (Å²) < 4.78 is 0. The molecule has 0 bridgehead atoms. The molecule has 1 N–H and O–H groups in total. The number of hydrogen-bond acceptors (Lipinski definition) is 4. The number of thioether (sulfide) groups is 1. The molecule has 4 heteroatoms. The summed E-state index contributed by atoms with van der Waals surface area (Å²) in [4.78, 5) is 10.00. The Kier molecular flexibility index (Phi) is 5.02. The van der Waals surface area contributed by atoms with Crippen LogP contribution in [0.4, 0.5) is 5.82 Å². The summed E-state index contributed by atoms with van der Waals surface area (Å²) in [6, 6.07) is 10.3. The molecule has 0 amide bonds.